The van der Waals surface area contributed by atoms with Gasteiger partial charge in [0.2, 0.25) is 5.06 Å². The molecule has 0 bridgehead atoms. The molecule has 0 spiro atoms. The lowest BCUT2D eigenvalue weighted by Crippen LogP contribution is -2.51. The van der Waals surface area contributed by atoms with E-state index in [0.29, 0.717) is 5.92 Å². The molecule has 1 saturated carbocycles. The fourth-order valence-electron chi connectivity index (χ4n) is 5.49. The number of aliphatic imine (C=N–C) groups is 1. The zero-order chi connectivity index (χ0) is 20.1. The maximum atomic E-state index is 7.52. The number of benzene rings is 2. The molecule has 5 rings (SSSR count). The minimum Gasteiger partial charge on any atom is -0.467 e. The summed E-state index contributed by atoms with van der Waals surface area (Å²) in [6.45, 7) is 4.44. The predicted molar refractivity (Wildman–Crippen MR) is 120 cm³/mol. The summed E-state index contributed by atoms with van der Waals surface area (Å²) < 4.78 is 6.66. The van der Waals surface area contributed by atoms with Crippen molar-refractivity contribution in [2.75, 3.05) is 0 Å². The molecule has 0 saturated heterocycles. The van der Waals surface area contributed by atoms with Crippen LogP contribution in [0.5, 0.6) is 0 Å². The van der Waals surface area contributed by atoms with Crippen molar-refractivity contribution in [3.63, 3.8) is 0 Å². The van der Waals surface area contributed by atoms with Gasteiger partial charge in [-0.05, 0) is 44.2 Å². The summed E-state index contributed by atoms with van der Waals surface area (Å²) >= 11 is 7.52. The van der Waals surface area contributed by atoms with Crippen LogP contribution in [0.25, 0.3) is 5.76 Å². The SMILES string of the molecule is CC1(C)C(C2CCCCC2)=N[C@@]2(c3ccccc3)C=C(c3ccccc3)O[C@@]12Cl. The Kier molecular flexibility index (Phi) is 4.40. The van der Waals surface area contributed by atoms with E-state index in [1.807, 2.05) is 24.3 Å². The summed E-state index contributed by atoms with van der Waals surface area (Å²) in [5, 5.41) is -0.973. The summed E-state index contributed by atoms with van der Waals surface area (Å²) in [6.07, 6.45) is 8.46. The van der Waals surface area contributed by atoms with Crippen LogP contribution in [-0.4, -0.2) is 10.8 Å². The van der Waals surface area contributed by atoms with Gasteiger partial charge in [-0.1, -0.05) is 91.5 Å². The second-order valence-corrected chi connectivity index (χ2v) is 9.69. The van der Waals surface area contributed by atoms with Crippen LogP contribution in [0.4, 0.5) is 0 Å². The molecule has 2 aliphatic heterocycles. The van der Waals surface area contributed by atoms with Crippen molar-refractivity contribution < 1.29 is 4.74 Å². The van der Waals surface area contributed by atoms with Gasteiger partial charge in [0.25, 0.3) is 0 Å². The van der Waals surface area contributed by atoms with Gasteiger partial charge >= 0.3 is 0 Å². The molecule has 0 N–H and O–H groups in total. The predicted octanol–water partition coefficient (Wildman–Crippen LogP) is 6.95. The number of hydrogen-bond acceptors (Lipinski definition) is 2. The third-order valence-electron chi connectivity index (χ3n) is 7.09. The number of ether oxygens (including phenoxy) is 1. The first-order valence-corrected chi connectivity index (χ1v) is 11.2. The molecule has 0 unspecified atom stereocenters. The van der Waals surface area contributed by atoms with E-state index in [1.54, 1.807) is 0 Å². The summed E-state index contributed by atoms with van der Waals surface area (Å²) in [5.41, 5.74) is 2.29. The van der Waals surface area contributed by atoms with E-state index < -0.39 is 10.6 Å². The summed E-state index contributed by atoms with van der Waals surface area (Å²) in [7, 11) is 0. The maximum absolute atomic E-state index is 7.52. The number of nitrogens with zero attached hydrogens (tertiary/aromatic N) is 1. The Morgan fingerprint density at radius 2 is 1.52 bits per heavy atom. The van der Waals surface area contributed by atoms with E-state index in [-0.39, 0.29) is 5.41 Å². The Hall–Kier alpha value is -2.06. The highest BCUT2D eigenvalue weighted by atomic mass is 35.5. The Labute approximate surface area is 178 Å². The molecule has 0 amide bonds. The lowest BCUT2D eigenvalue weighted by Gasteiger charge is -2.42. The van der Waals surface area contributed by atoms with Gasteiger partial charge in [-0.25, -0.2) is 0 Å². The van der Waals surface area contributed by atoms with Gasteiger partial charge in [-0.3, -0.25) is 4.99 Å². The minimum absolute atomic E-state index is 0.376. The van der Waals surface area contributed by atoms with Crippen molar-refractivity contribution in [1.29, 1.82) is 0 Å². The average molecular weight is 406 g/mol. The van der Waals surface area contributed by atoms with Crippen LogP contribution in [0.2, 0.25) is 0 Å². The molecular weight excluding hydrogens is 378 g/mol. The Balaban J connectivity index is 1.71. The Morgan fingerprint density at radius 1 is 0.897 bits per heavy atom. The van der Waals surface area contributed by atoms with Crippen LogP contribution in [0.1, 0.15) is 57.1 Å². The highest BCUT2D eigenvalue weighted by molar-refractivity contribution is 6.29. The first-order chi connectivity index (χ1) is 14.0. The quantitative estimate of drug-likeness (QED) is 0.506. The molecule has 29 heavy (non-hydrogen) atoms. The molecule has 2 heterocycles. The van der Waals surface area contributed by atoms with Gasteiger partial charge in [0.05, 0.1) is 5.41 Å². The summed E-state index contributed by atoms with van der Waals surface area (Å²) in [5.74, 6) is 1.32. The number of hydrogen-bond donors (Lipinski definition) is 0. The minimum atomic E-state index is -0.973. The van der Waals surface area contributed by atoms with Crippen LogP contribution >= 0.6 is 11.6 Å². The Morgan fingerprint density at radius 3 is 2.17 bits per heavy atom. The van der Waals surface area contributed by atoms with Crippen LogP contribution in [0.3, 0.4) is 0 Å². The zero-order valence-corrected chi connectivity index (χ0v) is 18.0. The molecular formula is C26H28ClNO. The lowest BCUT2D eigenvalue weighted by atomic mass is 9.69. The van der Waals surface area contributed by atoms with Crippen LogP contribution in [-0.2, 0) is 10.3 Å². The average Bonchev–Trinajstić information content (AvgIpc) is 3.16. The van der Waals surface area contributed by atoms with E-state index in [9.17, 15) is 0 Å². The Bertz CT molecular complexity index is 959. The number of halogens is 1. The van der Waals surface area contributed by atoms with Gasteiger partial charge in [-0.15, -0.1) is 0 Å². The molecule has 1 fully saturated rings. The van der Waals surface area contributed by atoms with E-state index in [4.69, 9.17) is 21.3 Å². The smallest absolute Gasteiger partial charge is 0.225 e. The third-order valence-corrected chi connectivity index (χ3v) is 7.92. The van der Waals surface area contributed by atoms with Crippen molar-refractivity contribution >= 4 is 23.1 Å². The van der Waals surface area contributed by atoms with E-state index in [0.717, 1.165) is 16.9 Å². The molecule has 1 aliphatic carbocycles. The number of rotatable bonds is 3. The van der Waals surface area contributed by atoms with Gasteiger partial charge in [0.1, 0.15) is 5.76 Å². The van der Waals surface area contributed by atoms with Gasteiger partial charge in [0.15, 0.2) is 5.54 Å². The molecule has 3 aliphatic rings. The summed E-state index contributed by atoms with van der Waals surface area (Å²) in [6, 6.07) is 20.7. The topological polar surface area (TPSA) is 21.6 Å². The maximum Gasteiger partial charge on any atom is 0.225 e. The first kappa shape index (κ1) is 18.9. The summed E-state index contributed by atoms with van der Waals surface area (Å²) in [4.78, 5) is 5.46. The van der Waals surface area contributed by atoms with Gasteiger partial charge in [-0.2, -0.15) is 0 Å². The highest BCUT2D eigenvalue weighted by Gasteiger charge is 2.71. The van der Waals surface area contributed by atoms with Crippen molar-refractivity contribution in [3.05, 3.63) is 77.9 Å². The monoisotopic (exact) mass is 405 g/mol. The molecule has 2 aromatic rings. The molecule has 0 aromatic heterocycles. The fourth-order valence-corrected chi connectivity index (χ4v) is 5.88. The molecule has 2 nitrogen and oxygen atoms in total. The third kappa shape index (κ3) is 2.65. The normalized spacial score (nSPS) is 31.0. The molecule has 150 valence electrons. The molecule has 3 heteroatoms. The zero-order valence-electron chi connectivity index (χ0n) is 17.2. The molecule has 0 radical (unpaired) electrons. The van der Waals surface area contributed by atoms with Crippen LogP contribution in [0.15, 0.2) is 71.7 Å². The largest absolute Gasteiger partial charge is 0.467 e. The number of fused-ring (bicyclic) bond motifs is 1. The van der Waals surface area contributed by atoms with Crippen molar-refractivity contribution in [2.45, 2.75) is 56.6 Å². The second kappa shape index (κ2) is 6.74. The lowest BCUT2D eigenvalue weighted by molar-refractivity contribution is 0.0312. The van der Waals surface area contributed by atoms with Gasteiger partial charge < -0.3 is 4.74 Å². The standard InChI is InChI=1S/C26H28ClNO/c1-24(2)23(20-14-8-4-9-15-20)28-25(21-16-10-5-11-17-21)18-22(29-26(24,25)27)19-12-6-3-7-13-19/h3,5-7,10-13,16-18,20H,4,8-9,14-15H2,1-2H3/t25-,26+/m1/s1. The first-order valence-electron chi connectivity index (χ1n) is 10.8. The molecule has 2 atom stereocenters. The number of alkyl halides is 1. The van der Waals surface area contributed by atoms with Gasteiger partial charge in [0, 0.05) is 11.3 Å². The second-order valence-electron chi connectivity index (χ2n) is 9.16. The van der Waals surface area contributed by atoms with E-state index in [1.165, 1.54) is 37.8 Å². The van der Waals surface area contributed by atoms with E-state index >= 15 is 0 Å². The van der Waals surface area contributed by atoms with Crippen molar-refractivity contribution in [2.24, 2.45) is 16.3 Å². The van der Waals surface area contributed by atoms with Crippen LogP contribution < -0.4 is 0 Å². The van der Waals surface area contributed by atoms with Crippen molar-refractivity contribution in [1.82, 2.24) is 0 Å². The highest BCUT2D eigenvalue weighted by Crippen LogP contribution is 2.65. The molecule has 2 aromatic carbocycles. The van der Waals surface area contributed by atoms with E-state index in [2.05, 4.69) is 56.3 Å². The van der Waals surface area contributed by atoms with Crippen LogP contribution in [0, 0.1) is 11.3 Å². The van der Waals surface area contributed by atoms with Crippen molar-refractivity contribution in [3.8, 4) is 0 Å². The fraction of sp³-hybridized carbons (Fsp3) is 0.423.